The molecule has 78 valence electrons. The predicted molar refractivity (Wildman–Crippen MR) is 60.4 cm³/mol. The first-order chi connectivity index (χ1) is 6.31. The lowest BCUT2D eigenvalue weighted by Crippen LogP contribution is -2.35. The Bertz CT molecular complexity index is 309. The van der Waals surface area contributed by atoms with Gasteiger partial charge < -0.3 is 5.73 Å². The molecule has 0 bridgehead atoms. The fourth-order valence-electron chi connectivity index (χ4n) is 0.332. The van der Waals surface area contributed by atoms with E-state index >= 15 is 0 Å². The molecule has 0 atom stereocenters. The Labute approximate surface area is 105 Å². The van der Waals surface area contributed by atoms with Crippen LogP contribution in [0.4, 0.5) is 0 Å². The highest BCUT2D eigenvalue weighted by Crippen LogP contribution is 2.33. The molecule has 0 aromatic rings. The first-order valence-electron chi connectivity index (χ1n) is 3.07. The van der Waals surface area contributed by atoms with Crippen molar-refractivity contribution in [2.24, 2.45) is 5.73 Å². The molecule has 0 aliphatic rings. The second-order valence-corrected chi connectivity index (χ2v) is 5.51. The number of alkyl halides is 2. The lowest BCUT2D eigenvalue weighted by Gasteiger charge is -2.13. The minimum atomic E-state index is -1.72. The molecule has 0 spiro atoms. The first kappa shape index (κ1) is 14.2. The van der Waals surface area contributed by atoms with Crippen LogP contribution in [-0.2, 0) is 4.79 Å². The van der Waals surface area contributed by atoms with Gasteiger partial charge >= 0.3 is 0 Å². The topological polar surface area (TPSA) is 66.9 Å². The van der Waals surface area contributed by atoms with Gasteiger partial charge in [-0.05, 0) is 0 Å². The fraction of sp³-hybridized carbons (Fsp3) is 0.333. The van der Waals surface area contributed by atoms with Crippen LogP contribution in [0.5, 0.6) is 0 Å². The monoisotopic (exact) mass is 292 g/mol. The van der Waals surface area contributed by atoms with E-state index in [1.165, 1.54) is 0 Å². The van der Waals surface area contributed by atoms with Crippen molar-refractivity contribution in [3.8, 4) is 6.07 Å². The molecule has 0 aliphatic heterocycles. The van der Waals surface area contributed by atoms with Crippen LogP contribution in [0.1, 0.15) is 0 Å². The maximum atomic E-state index is 10.7. The number of carbonyl (C=O) groups is 1. The van der Waals surface area contributed by atoms with Crippen molar-refractivity contribution in [3.05, 3.63) is 9.40 Å². The molecule has 2 N–H and O–H groups in total. The summed E-state index contributed by atoms with van der Waals surface area (Å²) in [6, 6.07) is 1.62. The Morgan fingerprint density at radius 3 is 2.36 bits per heavy atom. The summed E-state index contributed by atoms with van der Waals surface area (Å²) >= 11 is 22.9. The van der Waals surface area contributed by atoms with E-state index in [9.17, 15) is 4.79 Å². The van der Waals surface area contributed by atoms with Gasteiger partial charge in [-0.2, -0.15) is 5.26 Å². The molecular weight excluding hydrogens is 290 g/mol. The van der Waals surface area contributed by atoms with E-state index in [-0.39, 0.29) is 15.1 Å². The van der Waals surface area contributed by atoms with Gasteiger partial charge in [0.15, 0.2) is 0 Å². The molecular formula is C6H4Cl4N2OS. The minimum Gasteiger partial charge on any atom is -0.367 e. The number of nitrogens with two attached hydrogens (primary N) is 1. The summed E-state index contributed by atoms with van der Waals surface area (Å²) in [5, 5.41) is 8.16. The van der Waals surface area contributed by atoms with E-state index < -0.39 is 10.2 Å². The van der Waals surface area contributed by atoms with Gasteiger partial charge in [-0.1, -0.05) is 46.4 Å². The van der Waals surface area contributed by atoms with Crippen molar-refractivity contribution >= 4 is 64.1 Å². The molecule has 0 fully saturated rings. The molecule has 14 heavy (non-hydrogen) atoms. The van der Waals surface area contributed by atoms with E-state index in [0.29, 0.717) is 0 Å². The lowest BCUT2D eigenvalue weighted by atomic mass is 10.4. The number of primary amides is 1. The number of nitriles is 1. The summed E-state index contributed by atoms with van der Waals surface area (Å²) in [5.41, 5.74) is 4.89. The van der Waals surface area contributed by atoms with Crippen LogP contribution >= 0.6 is 58.2 Å². The Hall–Kier alpha value is 0.210. The number of nitrogens with zero attached hydrogens (tertiary/aromatic N) is 1. The third kappa shape index (κ3) is 4.63. The molecule has 0 aliphatic carbocycles. The lowest BCUT2D eigenvalue weighted by molar-refractivity contribution is -0.118. The molecule has 0 rings (SSSR count). The number of hydrogen-bond donors (Lipinski definition) is 1. The smallest absolute Gasteiger partial charge is 0.254 e. The highest BCUT2D eigenvalue weighted by atomic mass is 35.5. The van der Waals surface area contributed by atoms with Crippen molar-refractivity contribution in [1.29, 1.82) is 5.26 Å². The zero-order chi connectivity index (χ0) is 11.4. The second-order valence-electron chi connectivity index (χ2n) is 2.06. The maximum Gasteiger partial charge on any atom is 0.254 e. The van der Waals surface area contributed by atoms with Crippen LogP contribution < -0.4 is 5.73 Å². The SMILES string of the molecule is N#CC(Cl)=C(Cl)SCC(Cl)(Cl)C(N)=O. The van der Waals surface area contributed by atoms with Gasteiger partial charge in [0.1, 0.15) is 15.5 Å². The number of halogens is 4. The summed E-state index contributed by atoms with van der Waals surface area (Å²) in [5.74, 6) is -0.965. The highest BCUT2D eigenvalue weighted by molar-refractivity contribution is 8.04. The quantitative estimate of drug-likeness (QED) is 0.640. The number of amides is 1. The molecule has 0 heterocycles. The second kappa shape index (κ2) is 5.94. The molecule has 0 aromatic heterocycles. The zero-order valence-electron chi connectivity index (χ0n) is 6.56. The van der Waals surface area contributed by atoms with Crippen LogP contribution in [0.2, 0.25) is 0 Å². The van der Waals surface area contributed by atoms with Crippen LogP contribution in [0.25, 0.3) is 0 Å². The molecule has 3 nitrogen and oxygen atoms in total. The molecule has 0 saturated heterocycles. The fourth-order valence-corrected chi connectivity index (χ4v) is 1.65. The van der Waals surface area contributed by atoms with Crippen molar-refractivity contribution in [1.82, 2.24) is 0 Å². The zero-order valence-corrected chi connectivity index (χ0v) is 10.4. The summed E-state index contributed by atoms with van der Waals surface area (Å²) in [6.07, 6.45) is 0. The van der Waals surface area contributed by atoms with Gasteiger partial charge in [-0.25, -0.2) is 0 Å². The summed E-state index contributed by atoms with van der Waals surface area (Å²) < 4.78 is -1.71. The van der Waals surface area contributed by atoms with Crippen molar-refractivity contribution in [3.63, 3.8) is 0 Å². The molecule has 8 heteroatoms. The average molecular weight is 294 g/mol. The van der Waals surface area contributed by atoms with Gasteiger partial charge in [0.05, 0.1) is 0 Å². The Morgan fingerprint density at radius 1 is 1.50 bits per heavy atom. The maximum absolute atomic E-state index is 10.7. The van der Waals surface area contributed by atoms with E-state index in [1.807, 2.05) is 0 Å². The van der Waals surface area contributed by atoms with E-state index in [1.54, 1.807) is 6.07 Å². The van der Waals surface area contributed by atoms with Gasteiger partial charge in [0.2, 0.25) is 4.33 Å². The van der Waals surface area contributed by atoms with Crippen LogP contribution in [0, 0.1) is 11.3 Å². The summed E-state index contributed by atoms with van der Waals surface area (Å²) in [6.45, 7) is 0. The van der Waals surface area contributed by atoms with E-state index in [0.717, 1.165) is 11.8 Å². The van der Waals surface area contributed by atoms with Crippen LogP contribution in [0.3, 0.4) is 0 Å². The Balaban J connectivity index is 4.36. The van der Waals surface area contributed by atoms with Gasteiger partial charge in [0.25, 0.3) is 5.91 Å². The standard InChI is InChI=1S/C6H4Cl4N2OS/c7-3(1-11)4(8)14-2-6(9,10)5(12)13/h2H2,(H2,12,13). The number of allylic oxidation sites excluding steroid dienone is 1. The number of thioether (sulfide) groups is 1. The normalized spacial score (nSPS) is 13.1. The molecule has 0 unspecified atom stereocenters. The molecule has 0 aromatic carbocycles. The van der Waals surface area contributed by atoms with Crippen molar-refractivity contribution < 1.29 is 4.79 Å². The highest BCUT2D eigenvalue weighted by Gasteiger charge is 2.31. The average Bonchev–Trinajstić information content (AvgIpc) is 2.12. The summed E-state index contributed by atoms with van der Waals surface area (Å²) in [7, 11) is 0. The van der Waals surface area contributed by atoms with Gasteiger partial charge in [-0.3, -0.25) is 4.79 Å². The summed E-state index contributed by atoms with van der Waals surface area (Å²) in [4.78, 5) is 10.7. The molecule has 0 saturated carbocycles. The number of hydrogen-bond acceptors (Lipinski definition) is 3. The molecule has 0 radical (unpaired) electrons. The van der Waals surface area contributed by atoms with Crippen LogP contribution in [0.15, 0.2) is 9.40 Å². The van der Waals surface area contributed by atoms with E-state index in [4.69, 9.17) is 57.4 Å². The van der Waals surface area contributed by atoms with Crippen LogP contribution in [-0.4, -0.2) is 16.0 Å². The Morgan fingerprint density at radius 2 is 2.00 bits per heavy atom. The number of carbonyl (C=O) groups excluding carboxylic acids is 1. The van der Waals surface area contributed by atoms with Gasteiger partial charge in [0, 0.05) is 5.75 Å². The third-order valence-corrected chi connectivity index (χ3v) is 4.00. The number of rotatable bonds is 4. The van der Waals surface area contributed by atoms with Crippen molar-refractivity contribution in [2.45, 2.75) is 4.33 Å². The minimum absolute atomic E-state index is 0.0149. The van der Waals surface area contributed by atoms with Gasteiger partial charge in [-0.15, -0.1) is 11.8 Å². The first-order valence-corrected chi connectivity index (χ1v) is 5.57. The molecule has 1 amide bonds. The third-order valence-electron chi connectivity index (χ3n) is 1.01. The van der Waals surface area contributed by atoms with Crippen molar-refractivity contribution in [2.75, 3.05) is 5.75 Å². The predicted octanol–water partition coefficient (Wildman–Crippen LogP) is 2.55. The van der Waals surface area contributed by atoms with E-state index in [2.05, 4.69) is 0 Å². The Kier molecular flexibility index (Phi) is 6.03. The largest absolute Gasteiger partial charge is 0.367 e.